The maximum atomic E-state index is 13.5. The minimum absolute atomic E-state index is 0.189. The topological polar surface area (TPSA) is 72.5 Å². The lowest BCUT2D eigenvalue weighted by Crippen LogP contribution is -2.03. The zero-order valence-electron chi connectivity index (χ0n) is 14.3. The van der Waals surface area contributed by atoms with Crippen LogP contribution in [0.4, 0.5) is 8.78 Å². The van der Waals surface area contributed by atoms with Crippen LogP contribution in [0.2, 0.25) is 0 Å². The van der Waals surface area contributed by atoms with Gasteiger partial charge in [0.15, 0.2) is 0 Å². The van der Waals surface area contributed by atoms with Crippen molar-refractivity contribution in [3.05, 3.63) is 60.6 Å². The van der Waals surface area contributed by atoms with E-state index < -0.39 is 6.55 Å². The van der Waals surface area contributed by atoms with Crippen molar-refractivity contribution in [2.24, 2.45) is 0 Å². The van der Waals surface area contributed by atoms with Gasteiger partial charge in [-0.15, -0.1) is 10.2 Å². The Morgan fingerprint density at radius 3 is 2.79 bits per heavy atom. The molecule has 0 spiro atoms. The first kappa shape index (κ1) is 16.9. The Morgan fingerprint density at radius 2 is 1.89 bits per heavy atom. The molecular weight excluding hydrogens is 384 g/mol. The molecule has 3 heterocycles. The molecule has 0 fully saturated rings. The predicted octanol–water partition coefficient (Wildman–Crippen LogP) is 5.26. The van der Waals surface area contributed by atoms with Crippen molar-refractivity contribution >= 4 is 33.7 Å². The predicted molar refractivity (Wildman–Crippen MR) is 102 cm³/mol. The van der Waals surface area contributed by atoms with Gasteiger partial charge in [-0.05, 0) is 18.2 Å². The van der Waals surface area contributed by atoms with Gasteiger partial charge in [-0.3, -0.25) is 4.57 Å². The highest BCUT2D eigenvalue weighted by Crippen LogP contribution is 2.31. The van der Waals surface area contributed by atoms with Crippen molar-refractivity contribution in [1.29, 1.82) is 0 Å². The fourth-order valence-electron chi connectivity index (χ4n) is 3.17. The Labute approximate surface area is 161 Å². The van der Waals surface area contributed by atoms with Gasteiger partial charge in [0.05, 0.1) is 22.3 Å². The highest BCUT2D eigenvalue weighted by atomic mass is 32.2. The number of nitrogens with zero attached hydrogens (tertiary/aromatic N) is 4. The molecule has 5 rings (SSSR count). The Kier molecular flexibility index (Phi) is 4.09. The average molecular weight is 397 g/mol. The number of benzene rings is 2. The number of alkyl halides is 2. The summed E-state index contributed by atoms with van der Waals surface area (Å²) in [5.74, 6) is 0.824. The monoisotopic (exact) mass is 397 g/mol. The van der Waals surface area contributed by atoms with E-state index in [1.54, 1.807) is 24.3 Å². The molecule has 1 N–H and O–H groups in total. The van der Waals surface area contributed by atoms with Crippen molar-refractivity contribution < 1.29 is 13.2 Å². The number of para-hydroxylation sites is 3. The van der Waals surface area contributed by atoms with Crippen molar-refractivity contribution in [2.45, 2.75) is 17.5 Å². The van der Waals surface area contributed by atoms with Crippen molar-refractivity contribution in [3.63, 3.8) is 0 Å². The Balaban J connectivity index is 1.41. The molecule has 28 heavy (non-hydrogen) atoms. The Morgan fingerprint density at radius 1 is 1.07 bits per heavy atom. The molecule has 0 aliphatic heterocycles. The van der Waals surface area contributed by atoms with Crippen LogP contribution in [-0.2, 0) is 5.75 Å². The molecule has 0 saturated heterocycles. The number of thioether (sulfide) groups is 1. The summed E-state index contributed by atoms with van der Waals surface area (Å²) in [6.45, 7) is -2.67. The third kappa shape index (κ3) is 2.84. The summed E-state index contributed by atoms with van der Waals surface area (Å²) in [5, 5.41) is 9.39. The number of halogens is 2. The van der Waals surface area contributed by atoms with E-state index in [1.165, 1.54) is 11.8 Å². The molecule has 0 aliphatic carbocycles. The molecule has 0 saturated carbocycles. The van der Waals surface area contributed by atoms with Crippen LogP contribution in [0.1, 0.15) is 12.4 Å². The number of aromatic nitrogens is 5. The molecule has 0 atom stereocenters. The SMILES string of the molecule is FC(F)n1c(CSc2nnc(-c3c[nH]c4ccccc34)o2)nc2ccccc21. The summed E-state index contributed by atoms with van der Waals surface area (Å²) >= 11 is 1.18. The second-order valence-electron chi connectivity index (χ2n) is 6.07. The van der Waals surface area contributed by atoms with Gasteiger partial charge in [0.25, 0.3) is 11.1 Å². The van der Waals surface area contributed by atoms with Crippen LogP contribution in [0, 0.1) is 0 Å². The number of imidazole rings is 1. The summed E-state index contributed by atoms with van der Waals surface area (Å²) in [6, 6.07) is 14.6. The van der Waals surface area contributed by atoms with Crippen LogP contribution in [0.5, 0.6) is 0 Å². The summed E-state index contributed by atoms with van der Waals surface area (Å²) in [5.41, 5.74) is 2.70. The molecule has 0 amide bonds. The van der Waals surface area contributed by atoms with E-state index >= 15 is 0 Å². The number of H-pyrrole nitrogens is 1. The molecule has 2 aromatic carbocycles. The zero-order valence-corrected chi connectivity index (χ0v) is 15.2. The van der Waals surface area contributed by atoms with Gasteiger partial charge in [-0.2, -0.15) is 8.78 Å². The minimum Gasteiger partial charge on any atom is -0.411 e. The van der Waals surface area contributed by atoms with Crippen molar-refractivity contribution in [2.75, 3.05) is 0 Å². The third-order valence-corrected chi connectivity index (χ3v) is 5.23. The smallest absolute Gasteiger partial charge is 0.320 e. The Bertz CT molecular complexity index is 1280. The number of rotatable bonds is 5. The molecule has 9 heteroatoms. The molecule has 0 aliphatic rings. The van der Waals surface area contributed by atoms with Gasteiger partial charge >= 0.3 is 6.55 Å². The molecule has 3 aromatic heterocycles. The van der Waals surface area contributed by atoms with Crippen LogP contribution in [0.3, 0.4) is 0 Å². The van der Waals surface area contributed by atoms with Gasteiger partial charge in [0.2, 0.25) is 0 Å². The summed E-state index contributed by atoms with van der Waals surface area (Å²) in [7, 11) is 0. The second kappa shape index (κ2) is 6.75. The first-order chi connectivity index (χ1) is 13.7. The highest BCUT2D eigenvalue weighted by Gasteiger charge is 2.19. The van der Waals surface area contributed by atoms with E-state index in [0.717, 1.165) is 21.0 Å². The number of aromatic amines is 1. The van der Waals surface area contributed by atoms with Crippen LogP contribution in [0.25, 0.3) is 33.4 Å². The van der Waals surface area contributed by atoms with Gasteiger partial charge in [-0.1, -0.05) is 42.1 Å². The van der Waals surface area contributed by atoms with E-state index in [9.17, 15) is 8.78 Å². The average Bonchev–Trinajstić information content (AvgIpc) is 3.41. The summed E-state index contributed by atoms with van der Waals surface area (Å²) in [4.78, 5) is 7.47. The van der Waals surface area contributed by atoms with Gasteiger partial charge in [-0.25, -0.2) is 4.98 Å². The standard InChI is InChI=1S/C19H13F2N5OS/c20-18(21)26-15-8-4-3-7-14(15)23-16(26)10-28-19-25-24-17(27-19)12-9-22-13-6-2-1-5-11(12)13/h1-9,18,22H,10H2. The molecule has 5 aromatic rings. The van der Waals surface area contributed by atoms with E-state index in [2.05, 4.69) is 20.2 Å². The van der Waals surface area contributed by atoms with Crippen LogP contribution in [0.15, 0.2) is 64.4 Å². The normalized spacial score (nSPS) is 11.8. The molecule has 140 valence electrons. The van der Waals surface area contributed by atoms with Crippen molar-refractivity contribution in [3.8, 4) is 11.5 Å². The maximum Gasteiger partial charge on any atom is 0.320 e. The lowest BCUT2D eigenvalue weighted by Gasteiger charge is -2.06. The number of hydrogen-bond acceptors (Lipinski definition) is 5. The van der Waals surface area contributed by atoms with Gasteiger partial charge in [0.1, 0.15) is 5.82 Å². The van der Waals surface area contributed by atoms with E-state index in [1.807, 2.05) is 30.5 Å². The van der Waals surface area contributed by atoms with Crippen molar-refractivity contribution in [1.82, 2.24) is 24.7 Å². The quantitative estimate of drug-likeness (QED) is 0.410. The highest BCUT2D eigenvalue weighted by molar-refractivity contribution is 7.98. The third-order valence-electron chi connectivity index (χ3n) is 4.41. The second-order valence-corrected chi connectivity index (χ2v) is 7.00. The fraction of sp³-hybridized carbons (Fsp3) is 0.105. The number of nitrogens with one attached hydrogen (secondary N) is 1. The Hall–Kier alpha value is -3.20. The molecule has 0 radical (unpaired) electrons. The fourth-order valence-corrected chi connectivity index (χ4v) is 3.86. The molecule has 0 bridgehead atoms. The van der Waals surface area contributed by atoms with E-state index in [0.29, 0.717) is 22.1 Å². The van der Waals surface area contributed by atoms with E-state index in [4.69, 9.17) is 4.42 Å². The zero-order chi connectivity index (χ0) is 19.1. The first-order valence-corrected chi connectivity index (χ1v) is 9.46. The summed E-state index contributed by atoms with van der Waals surface area (Å²) < 4.78 is 33.7. The number of hydrogen-bond donors (Lipinski definition) is 1. The summed E-state index contributed by atoms with van der Waals surface area (Å²) in [6.07, 6.45) is 1.81. The number of fused-ring (bicyclic) bond motifs is 2. The lowest BCUT2D eigenvalue weighted by molar-refractivity contribution is 0.0722. The van der Waals surface area contributed by atoms with Gasteiger partial charge in [0, 0.05) is 17.1 Å². The van der Waals surface area contributed by atoms with Crippen LogP contribution < -0.4 is 0 Å². The lowest BCUT2D eigenvalue weighted by atomic mass is 10.2. The van der Waals surface area contributed by atoms with E-state index in [-0.39, 0.29) is 11.6 Å². The minimum atomic E-state index is -2.67. The molecule has 0 unspecified atom stereocenters. The molecular formula is C19H13F2N5OS. The largest absolute Gasteiger partial charge is 0.411 e. The van der Waals surface area contributed by atoms with Gasteiger partial charge < -0.3 is 9.40 Å². The first-order valence-electron chi connectivity index (χ1n) is 8.47. The maximum absolute atomic E-state index is 13.5. The molecule has 6 nitrogen and oxygen atoms in total. The van der Waals surface area contributed by atoms with Crippen LogP contribution in [-0.4, -0.2) is 24.7 Å². The van der Waals surface area contributed by atoms with Crippen LogP contribution >= 0.6 is 11.8 Å².